The minimum Gasteiger partial charge on any atom is -0.480 e. The number of halogens is 3. The fourth-order valence-corrected chi connectivity index (χ4v) is 2.56. The van der Waals surface area contributed by atoms with E-state index >= 15 is 0 Å². The van der Waals surface area contributed by atoms with E-state index in [9.17, 15) is 27.9 Å². The van der Waals surface area contributed by atoms with Crippen LogP contribution in [-0.4, -0.2) is 21.0 Å². The second-order valence-electron chi connectivity index (χ2n) is 4.18. The molecule has 5 nitrogen and oxygen atoms in total. The lowest BCUT2D eigenvalue weighted by molar-refractivity contribution is -0.141. The van der Waals surface area contributed by atoms with Crippen LogP contribution in [0.25, 0.3) is 0 Å². The molecule has 9 heteroatoms. The number of alkyl halides is 3. The third-order valence-corrected chi connectivity index (χ3v) is 3.69. The topological polar surface area (TPSA) is 83.0 Å². The molecule has 2 rings (SSSR count). The van der Waals surface area contributed by atoms with Gasteiger partial charge in [-0.1, -0.05) is 42.1 Å². The third kappa shape index (κ3) is 3.88. The number of H-pyrrole nitrogens is 1. The quantitative estimate of drug-likeness (QED) is 0.665. The SMILES string of the molecule is O=C(O)[C@H](Sc1nc(C(F)(F)F)cc(=O)[nH]1)c1ccccc1. The van der Waals surface area contributed by atoms with Gasteiger partial charge in [0.15, 0.2) is 10.9 Å². The van der Waals surface area contributed by atoms with Crippen molar-refractivity contribution in [2.75, 3.05) is 0 Å². The molecule has 0 fully saturated rings. The van der Waals surface area contributed by atoms with E-state index in [0.29, 0.717) is 23.4 Å². The van der Waals surface area contributed by atoms with Crippen molar-refractivity contribution in [2.24, 2.45) is 0 Å². The van der Waals surface area contributed by atoms with Gasteiger partial charge in [0.25, 0.3) is 5.56 Å². The van der Waals surface area contributed by atoms with Crippen LogP contribution in [-0.2, 0) is 11.0 Å². The van der Waals surface area contributed by atoms with Crippen molar-refractivity contribution in [3.05, 3.63) is 58.0 Å². The second-order valence-corrected chi connectivity index (χ2v) is 5.27. The minimum atomic E-state index is -4.78. The van der Waals surface area contributed by atoms with Crippen molar-refractivity contribution in [1.29, 1.82) is 0 Å². The predicted molar refractivity (Wildman–Crippen MR) is 72.5 cm³/mol. The van der Waals surface area contributed by atoms with E-state index in [4.69, 9.17) is 0 Å². The number of hydrogen-bond acceptors (Lipinski definition) is 4. The monoisotopic (exact) mass is 330 g/mol. The van der Waals surface area contributed by atoms with Crippen LogP contribution in [0, 0.1) is 0 Å². The number of carboxylic acid groups (broad SMARTS) is 1. The summed E-state index contributed by atoms with van der Waals surface area (Å²) < 4.78 is 37.9. The number of aromatic nitrogens is 2. The number of aromatic amines is 1. The lowest BCUT2D eigenvalue weighted by atomic mass is 10.1. The van der Waals surface area contributed by atoms with Gasteiger partial charge in [-0.05, 0) is 5.56 Å². The highest BCUT2D eigenvalue weighted by molar-refractivity contribution is 8.00. The molecule has 2 N–H and O–H groups in total. The van der Waals surface area contributed by atoms with Crippen LogP contribution in [0.5, 0.6) is 0 Å². The number of nitrogens with one attached hydrogen (secondary N) is 1. The van der Waals surface area contributed by atoms with E-state index in [2.05, 4.69) is 9.97 Å². The third-order valence-electron chi connectivity index (χ3n) is 2.57. The number of aliphatic carboxylic acids is 1. The number of carboxylic acids is 1. The van der Waals surface area contributed by atoms with Crippen LogP contribution in [0.2, 0.25) is 0 Å². The molecule has 1 aromatic carbocycles. The highest BCUT2D eigenvalue weighted by atomic mass is 32.2. The number of rotatable bonds is 4. The first-order valence-electron chi connectivity index (χ1n) is 5.90. The van der Waals surface area contributed by atoms with Gasteiger partial charge in [-0.3, -0.25) is 9.59 Å². The first kappa shape index (κ1) is 16.1. The summed E-state index contributed by atoms with van der Waals surface area (Å²) in [4.78, 5) is 28.0. The molecule has 0 saturated heterocycles. The van der Waals surface area contributed by atoms with Gasteiger partial charge >= 0.3 is 12.1 Å². The Morgan fingerprint density at radius 1 is 1.27 bits per heavy atom. The molecule has 0 aliphatic rings. The van der Waals surface area contributed by atoms with Gasteiger partial charge < -0.3 is 10.1 Å². The zero-order valence-electron chi connectivity index (χ0n) is 10.8. The van der Waals surface area contributed by atoms with Crippen molar-refractivity contribution >= 4 is 17.7 Å². The fraction of sp³-hybridized carbons (Fsp3) is 0.154. The highest BCUT2D eigenvalue weighted by Crippen LogP contribution is 2.34. The Morgan fingerprint density at radius 3 is 2.45 bits per heavy atom. The van der Waals surface area contributed by atoms with Gasteiger partial charge in [-0.2, -0.15) is 13.2 Å². The summed E-state index contributed by atoms with van der Waals surface area (Å²) >= 11 is 0.528. The number of hydrogen-bond donors (Lipinski definition) is 2. The van der Waals surface area contributed by atoms with Crippen molar-refractivity contribution < 1.29 is 23.1 Å². The van der Waals surface area contributed by atoms with E-state index in [0.717, 1.165) is 0 Å². The van der Waals surface area contributed by atoms with Gasteiger partial charge in [0, 0.05) is 6.07 Å². The maximum atomic E-state index is 12.6. The molecule has 1 atom stereocenters. The maximum absolute atomic E-state index is 12.6. The molecule has 0 aliphatic heterocycles. The average molecular weight is 330 g/mol. The molecule has 1 heterocycles. The molecule has 0 bridgehead atoms. The largest absolute Gasteiger partial charge is 0.480 e. The van der Waals surface area contributed by atoms with E-state index in [1.807, 2.05) is 0 Å². The molecular weight excluding hydrogens is 321 g/mol. The standard InChI is InChI=1S/C13H9F3N2O3S/c14-13(15,16)8-6-9(19)18-12(17-8)22-10(11(20)21)7-4-2-1-3-5-7/h1-6,10H,(H,20,21)(H,17,18,19)/t10-/m1/s1. The molecule has 0 amide bonds. The Kier molecular flexibility index (Phi) is 4.55. The first-order chi connectivity index (χ1) is 10.3. The minimum absolute atomic E-state index is 0.322. The van der Waals surface area contributed by atoms with Crippen LogP contribution in [0.4, 0.5) is 13.2 Å². The number of benzene rings is 1. The fourth-order valence-electron chi connectivity index (χ4n) is 1.64. The first-order valence-corrected chi connectivity index (χ1v) is 6.78. The van der Waals surface area contributed by atoms with Crippen LogP contribution in [0.3, 0.4) is 0 Å². The number of thioether (sulfide) groups is 1. The van der Waals surface area contributed by atoms with Crippen molar-refractivity contribution in [3.63, 3.8) is 0 Å². The van der Waals surface area contributed by atoms with E-state index in [1.54, 1.807) is 18.2 Å². The van der Waals surface area contributed by atoms with Gasteiger partial charge in [-0.15, -0.1) is 0 Å². The average Bonchev–Trinajstić information content (AvgIpc) is 2.44. The van der Waals surface area contributed by atoms with Crippen molar-refractivity contribution in [2.45, 2.75) is 16.6 Å². The Labute approximate surface area is 126 Å². The van der Waals surface area contributed by atoms with Crippen LogP contribution >= 0.6 is 11.8 Å². The summed E-state index contributed by atoms with van der Waals surface area (Å²) in [6.07, 6.45) is -4.78. The van der Waals surface area contributed by atoms with E-state index < -0.39 is 33.8 Å². The Morgan fingerprint density at radius 2 is 1.91 bits per heavy atom. The van der Waals surface area contributed by atoms with Crippen LogP contribution < -0.4 is 5.56 Å². The molecule has 0 radical (unpaired) electrons. The van der Waals surface area contributed by atoms with Crippen LogP contribution in [0.15, 0.2) is 46.3 Å². The van der Waals surface area contributed by atoms with Crippen molar-refractivity contribution in [3.8, 4) is 0 Å². The summed E-state index contributed by atoms with van der Waals surface area (Å²) in [5, 5.41) is 7.63. The molecule has 0 unspecified atom stereocenters. The zero-order chi connectivity index (χ0) is 16.3. The second kappa shape index (κ2) is 6.22. The lowest BCUT2D eigenvalue weighted by Gasteiger charge is -2.12. The van der Waals surface area contributed by atoms with Gasteiger partial charge in [0.1, 0.15) is 5.25 Å². The van der Waals surface area contributed by atoms with Gasteiger partial charge in [0.05, 0.1) is 0 Å². The maximum Gasteiger partial charge on any atom is 0.433 e. The summed E-state index contributed by atoms with van der Waals surface area (Å²) in [6.45, 7) is 0. The summed E-state index contributed by atoms with van der Waals surface area (Å²) in [5.74, 6) is -1.25. The number of carbonyl (C=O) groups is 1. The van der Waals surface area contributed by atoms with Gasteiger partial charge in [0.2, 0.25) is 0 Å². The summed E-state index contributed by atoms with van der Waals surface area (Å²) in [7, 11) is 0. The highest BCUT2D eigenvalue weighted by Gasteiger charge is 2.34. The Hall–Kier alpha value is -2.29. The Bertz CT molecular complexity index is 731. The van der Waals surface area contributed by atoms with Crippen molar-refractivity contribution in [1.82, 2.24) is 9.97 Å². The molecule has 0 spiro atoms. The summed E-state index contributed by atoms with van der Waals surface area (Å²) in [6, 6.07) is 8.26. The smallest absolute Gasteiger partial charge is 0.433 e. The molecule has 22 heavy (non-hydrogen) atoms. The molecule has 0 aliphatic carbocycles. The molecule has 2 aromatic rings. The van der Waals surface area contributed by atoms with Crippen LogP contribution in [0.1, 0.15) is 16.5 Å². The zero-order valence-corrected chi connectivity index (χ0v) is 11.6. The lowest BCUT2D eigenvalue weighted by Crippen LogP contribution is -2.18. The Balaban J connectivity index is 2.38. The molecule has 116 valence electrons. The molecular formula is C13H9F3N2O3S. The predicted octanol–water partition coefficient (Wildman–Crippen LogP) is 2.71. The van der Waals surface area contributed by atoms with E-state index in [1.165, 1.54) is 12.1 Å². The van der Waals surface area contributed by atoms with E-state index in [-0.39, 0.29) is 0 Å². The normalized spacial score (nSPS) is 12.9. The molecule has 1 aromatic heterocycles. The number of nitrogens with zero attached hydrogens (tertiary/aromatic N) is 1. The summed E-state index contributed by atoms with van der Waals surface area (Å²) in [5.41, 5.74) is -1.99. The van der Waals surface area contributed by atoms with Gasteiger partial charge in [-0.25, -0.2) is 4.98 Å². The molecule has 0 saturated carbocycles.